The van der Waals surface area contributed by atoms with E-state index < -0.39 is 0 Å². The van der Waals surface area contributed by atoms with E-state index in [0.717, 1.165) is 18.2 Å². The minimum Gasteiger partial charge on any atom is -0.354 e. The van der Waals surface area contributed by atoms with Gasteiger partial charge in [-0.05, 0) is 30.5 Å². The van der Waals surface area contributed by atoms with Gasteiger partial charge in [0.2, 0.25) is 0 Å². The van der Waals surface area contributed by atoms with Gasteiger partial charge in [0.25, 0.3) is 0 Å². The fourth-order valence-electron chi connectivity index (χ4n) is 2.00. The third-order valence-electron chi connectivity index (χ3n) is 3.34. The number of guanidine groups is 1. The van der Waals surface area contributed by atoms with Gasteiger partial charge in [-0.25, -0.2) is 4.98 Å². The van der Waals surface area contributed by atoms with Crippen LogP contribution in [0.4, 0.5) is 0 Å². The Morgan fingerprint density at radius 3 is 2.75 bits per heavy atom. The number of hydrogen-bond donors (Lipinski definition) is 2. The quantitative estimate of drug-likeness (QED) is 0.656. The molecule has 104 valence electrons. The van der Waals surface area contributed by atoms with Crippen molar-refractivity contribution in [3.63, 3.8) is 0 Å². The second-order valence-corrected chi connectivity index (χ2v) is 4.98. The van der Waals surface area contributed by atoms with Crippen molar-refractivity contribution in [2.24, 2.45) is 4.99 Å². The van der Waals surface area contributed by atoms with Gasteiger partial charge >= 0.3 is 0 Å². The van der Waals surface area contributed by atoms with Gasteiger partial charge < -0.3 is 15.2 Å². The van der Waals surface area contributed by atoms with E-state index in [1.807, 2.05) is 10.8 Å². The molecule has 1 heterocycles. The number of nitrogens with zero attached hydrogens (tertiary/aromatic N) is 3. The molecule has 1 aliphatic carbocycles. The zero-order valence-corrected chi connectivity index (χ0v) is 11.6. The summed E-state index contributed by atoms with van der Waals surface area (Å²) in [6.45, 7) is 0.774. The lowest BCUT2D eigenvalue weighted by molar-refractivity contribution is 0.805. The summed E-state index contributed by atoms with van der Waals surface area (Å²) < 4.78 is 1.99. The Kier molecular flexibility index (Phi) is 3.67. The number of benzene rings is 1. The normalized spacial score (nSPS) is 15.2. The van der Waals surface area contributed by atoms with E-state index in [-0.39, 0.29) is 0 Å². The van der Waals surface area contributed by atoms with E-state index in [1.165, 1.54) is 18.4 Å². The van der Waals surface area contributed by atoms with Crippen LogP contribution < -0.4 is 10.6 Å². The Labute approximate surface area is 118 Å². The minimum atomic E-state index is 0.616. The third kappa shape index (κ3) is 3.17. The fraction of sp³-hybridized carbons (Fsp3) is 0.333. The predicted molar refractivity (Wildman–Crippen MR) is 79.9 cm³/mol. The molecule has 1 aromatic carbocycles. The maximum Gasteiger partial charge on any atom is 0.191 e. The summed E-state index contributed by atoms with van der Waals surface area (Å²) in [5.41, 5.74) is 2.35. The van der Waals surface area contributed by atoms with E-state index in [9.17, 15) is 0 Å². The first kappa shape index (κ1) is 12.7. The molecular weight excluding hydrogens is 250 g/mol. The Balaban J connectivity index is 1.57. The first-order valence-electron chi connectivity index (χ1n) is 6.89. The lowest BCUT2D eigenvalue weighted by atomic mass is 10.2. The number of nitrogens with one attached hydrogen (secondary N) is 2. The molecule has 0 spiro atoms. The third-order valence-corrected chi connectivity index (χ3v) is 3.34. The van der Waals surface area contributed by atoms with Gasteiger partial charge in [0.15, 0.2) is 5.96 Å². The molecule has 5 nitrogen and oxygen atoms in total. The van der Waals surface area contributed by atoms with Crippen LogP contribution in [0.15, 0.2) is 48.0 Å². The largest absolute Gasteiger partial charge is 0.354 e. The summed E-state index contributed by atoms with van der Waals surface area (Å²) in [7, 11) is 1.81. The van der Waals surface area contributed by atoms with Crippen LogP contribution in [-0.2, 0) is 6.54 Å². The SMILES string of the molecule is CN=C(NCc1ccc(-n2ccnc2)cc1)NC1CC1. The molecule has 0 amide bonds. The summed E-state index contributed by atoms with van der Waals surface area (Å²) in [6.07, 6.45) is 8.02. The summed E-state index contributed by atoms with van der Waals surface area (Å²) in [6, 6.07) is 9.04. The monoisotopic (exact) mass is 269 g/mol. The van der Waals surface area contributed by atoms with Crippen molar-refractivity contribution >= 4 is 5.96 Å². The average Bonchev–Trinajstić information content (AvgIpc) is 3.14. The van der Waals surface area contributed by atoms with Crippen LogP contribution in [0, 0.1) is 0 Å². The van der Waals surface area contributed by atoms with Crippen molar-refractivity contribution in [3.05, 3.63) is 48.5 Å². The van der Waals surface area contributed by atoms with E-state index in [2.05, 4.69) is 44.9 Å². The lowest BCUT2D eigenvalue weighted by Crippen LogP contribution is -2.38. The molecule has 20 heavy (non-hydrogen) atoms. The van der Waals surface area contributed by atoms with Crippen molar-refractivity contribution in [1.82, 2.24) is 20.2 Å². The van der Waals surface area contributed by atoms with Crippen LogP contribution in [0.2, 0.25) is 0 Å². The molecule has 1 aromatic heterocycles. The summed E-state index contributed by atoms with van der Waals surface area (Å²) in [5, 5.41) is 6.70. The van der Waals surface area contributed by atoms with Crippen molar-refractivity contribution < 1.29 is 0 Å². The van der Waals surface area contributed by atoms with Gasteiger partial charge in [-0.1, -0.05) is 12.1 Å². The summed E-state index contributed by atoms with van der Waals surface area (Å²) >= 11 is 0. The number of imidazole rings is 1. The van der Waals surface area contributed by atoms with Gasteiger partial charge in [-0.3, -0.25) is 4.99 Å². The molecule has 1 fully saturated rings. The first-order chi connectivity index (χ1) is 9.85. The van der Waals surface area contributed by atoms with Crippen molar-refractivity contribution in [1.29, 1.82) is 0 Å². The van der Waals surface area contributed by atoms with E-state index >= 15 is 0 Å². The second kappa shape index (κ2) is 5.77. The lowest BCUT2D eigenvalue weighted by Gasteiger charge is -2.11. The highest BCUT2D eigenvalue weighted by Crippen LogP contribution is 2.18. The van der Waals surface area contributed by atoms with E-state index in [0.29, 0.717) is 6.04 Å². The standard InChI is InChI=1S/C15H19N5/c1-16-15(19-13-4-5-13)18-10-12-2-6-14(7-3-12)20-9-8-17-11-20/h2-3,6-9,11,13H,4-5,10H2,1H3,(H2,16,18,19). The smallest absolute Gasteiger partial charge is 0.191 e. The molecule has 0 unspecified atom stereocenters. The number of aliphatic imine (C=N–C) groups is 1. The molecule has 0 radical (unpaired) electrons. The molecule has 2 aromatic rings. The maximum absolute atomic E-state index is 4.22. The minimum absolute atomic E-state index is 0.616. The molecule has 0 bridgehead atoms. The van der Waals surface area contributed by atoms with Gasteiger partial charge in [0.1, 0.15) is 0 Å². The molecule has 2 N–H and O–H groups in total. The maximum atomic E-state index is 4.22. The molecule has 3 rings (SSSR count). The van der Waals surface area contributed by atoms with Gasteiger partial charge in [0, 0.05) is 37.7 Å². The van der Waals surface area contributed by atoms with Gasteiger partial charge in [-0.2, -0.15) is 0 Å². The average molecular weight is 269 g/mol. The fourth-order valence-corrected chi connectivity index (χ4v) is 2.00. The van der Waals surface area contributed by atoms with E-state index in [1.54, 1.807) is 19.6 Å². The van der Waals surface area contributed by atoms with Gasteiger partial charge in [0.05, 0.1) is 6.33 Å². The van der Waals surface area contributed by atoms with Crippen LogP contribution in [0.3, 0.4) is 0 Å². The molecule has 1 saturated carbocycles. The van der Waals surface area contributed by atoms with Gasteiger partial charge in [-0.15, -0.1) is 0 Å². The molecule has 0 aliphatic heterocycles. The van der Waals surface area contributed by atoms with Crippen LogP contribution in [-0.4, -0.2) is 28.6 Å². The highest BCUT2D eigenvalue weighted by atomic mass is 15.2. The number of rotatable bonds is 4. The predicted octanol–water partition coefficient (Wildman–Crippen LogP) is 1.70. The Bertz CT molecular complexity index is 567. The topological polar surface area (TPSA) is 54.2 Å². The number of hydrogen-bond acceptors (Lipinski definition) is 2. The molecule has 0 saturated heterocycles. The first-order valence-corrected chi connectivity index (χ1v) is 6.89. The Hall–Kier alpha value is -2.30. The zero-order chi connectivity index (χ0) is 13.8. The second-order valence-electron chi connectivity index (χ2n) is 4.98. The summed E-state index contributed by atoms with van der Waals surface area (Å²) in [4.78, 5) is 8.28. The molecule has 0 atom stereocenters. The zero-order valence-electron chi connectivity index (χ0n) is 11.6. The molecule has 5 heteroatoms. The summed E-state index contributed by atoms with van der Waals surface area (Å²) in [5.74, 6) is 0.881. The highest BCUT2D eigenvalue weighted by Gasteiger charge is 2.21. The van der Waals surface area contributed by atoms with Crippen LogP contribution in [0.5, 0.6) is 0 Å². The Morgan fingerprint density at radius 1 is 1.35 bits per heavy atom. The Morgan fingerprint density at radius 2 is 2.15 bits per heavy atom. The van der Waals surface area contributed by atoms with E-state index in [4.69, 9.17) is 0 Å². The van der Waals surface area contributed by atoms with Crippen LogP contribution in [0.25, 0.3) is 5.69 Å². The van der Waals surface area contributed by atoms with Crippen LogP contribution >= 0.6 is 0 Å². The molecular formula is C15H19N5. The molecule has 1 aliphatic rings. The van der Waals surface area contributed by atoms with Crippen LogP contribution in [0.1, 0.15) is 18.4 Å². The number of aromatic nitrogens is 2. The highest BCUT2D eigenvalue weighted by molar-refractivity contribution is 5.80. The van der Waals surface area contributed by atoms with Crippen molar-refractivity contribution in [2.75, 3.05) is 7.05 Å². The van der Waals surface area contributed by atoms with Crippen molar-refractivity contribution in [3.8, 4) is 5.69 Å². The van der Waals surface area contributed by atoms with Crippen molar-refractivity contribution in [2.45, 2.75) is 25.4 Å².